The first kappa shape index (κ1) is 15.0. The molecule has 2 aromatic rings. The molecule has 1 aromatic heterocycles. The van der Waals surface area contributed by atoms with Crippen molar-refractivity contribution < 1.29 is 9.18 Å². The number of carbonyl (C=O) groups is 1. The average molecular weight is 290 g/mol. The van der Waals surface area contributed by atoms with E-state index < -0.39 is 5.82 Å². The summed E-state index contributed by atoms with van der Waals surface area (Å²) in [6, 6.07) is 3.76. The molecule has 0 aliphatic carbocycles. The van der Waals surface area contributed by atoms with Gasteiger partial charge in [-0.15, -0.1) is 0 Å². The minimum Gasteiger partial charge on any atom is -0.398 e. The zero-order valence-electron chi connectivity index (χ0n) is 12.4. The van der Waals surface area contributed by atoms with Crippen molar-refractivity contribution in [1.82, 2.24) is 15.1 Å². The summed E-state index contributed by atoms with van der Waals surface area (Å²) in [5.41, 5.74) is 9.26. The van der Waals surface area contributed by atoms with Crippen LogP contribution in [0.2, 0.25) is 0 Å². The summed E-state index contributed by atoms with van der Waals surface area (Å²) in [7, 11) is 1.89. The number of aromatic nitrogens is 2. The number of nitrogens with one attached hydrogen (secondary N) is 1. The third kappa shape index (κ3) is 3.21. The lowest BCUT2D eigenvalue weighted by molar-refractivity contribution is 0.0954. The molecule has 112 valence electrons. The monoisotopic (exact) mass is 290 g/mol. The fraction of sp³-hybridized carbons (Fsp3) is 0.333. The SMILES string of the molecule is Cc1nn(C)c(C)c1CCNC(=O)c1cc(F)ccc1N. The predicted molar refractivity (Wildman–Crippen MR) is 79.5 cm³/mol. The van der Waals surface area contributed by atoms with E-state index in [4.69, 9.17) is 5.73 Å². The second-order valence-electron chi connectivity index (χ2n) is 5.01. The van der Waals surface area contributed by atoms with Gasteiger partial charge in [0, 0.05) is 25.0 Å². The van der Waals surface area contributed by atoms with Crippen molar-refractivity contribution in [2.45, 2.75) is 20.3 Å². The van der Waals surface area contributed by atoms with Gasteiger partial charge in [0.15, 0.2) is 0 Å². The Kier molecular flexibility index (Phi) is 4.26. The number of aryl methyl sites for hydroxylation is 2. The number of nitrogens with two attached hydrogens (primary N) is 1. The predicted octanol–water partition coefficient (Wildman–Crippen LogP) is 1.73. The Hall–Kier alpha value is -2.37. The Balaban J connectivity index is 2.00. The highest BCUT2D eigenvalue weighted by Crippen LogP contribution is 2.14. The Bertz CT molecular complexity index is 679. The van der Waals surface area contributed by atoms with Gasteiger partial charge in [-0.05, 0) is 44.0 Å². The summed E-state index contributed by atoms with van der Waals surface area (Å²) in [5, 5.41) is 7.08. The van der Waals surface area contributed by atoms with Gasteiger partial charge in [0.05, 0.1) is 11.3 Å². The lowest BCUT2D eigenvalue weighted by Gasteiger charge is -2.08. The van der Waals surface area contributed by atoms with E-state index in [1.165, 1.54) is 12.1 Å². The molecule has 0 saturated heterocycles. The van der Waals surface area contributed by atoms with Crippen molar-refractivity contribution in [2.75, 3.05) is 12.3 Å². The molecule has 0 radical (unpaired) electrons. The van der Waals surface area contributed by atoms with Gasteiger partial charge in [0.1, 0.15) is 5.82 Å². The maximum atomic E-state index is 13.2. The Morgan fingerprint density at radius 2 is 2.14 bits per heavy atom. The van der Waals surface area contributed by atoms with Crippen LogP contribution >= 0.6 is 0 Å². The van der Waals surface area contributed by atoms with Crippen LogP contribution in [0, 0.1) is 19.7 Å². The first-order valence-electron chi connectivity index (χ1n) is 6.72. The topological polar surface area (TPSA) is 72.9 Å². The standard InChI is InChI=1S/C15H19FN4O/c1-9-12(10(2)20(3)19-9)6-7-18-15(21)13-8-11(16)4-5-14(13)17/h4-5,8H,6-7,17H2,1-3H3,(H,18,21). The molecule has 0 aliphatic rings. The van der Waals surface area contributed by atoms with Crippen molar-refractivity contribution in [2.24, 2.45) is 7.05 Å². The molecule has 1 aromatic carbocycles. The van der Waals surface area contributed by atoms with E-state index in [1.807, 2.05) is 25.6 Å². The number of rotatable bonds is 4. The molecule has 0 bridgehead atoms. The second kappa shape index (κ2) is 5.95. The van der Waals surface area contributed by atoms with Crippen molar-refractivity contribution in [3.8, 4) is 0 Å². The van der Waals surface area contributed by atoms with Crippen LogP contribution in [0.5, 0.6) is 0 Å². The van der Waals surface area contributed by atoms with Crippen molar-refractivity contribution >= 4 is 11.6 Å². The zero-order valence-corrected chi connectivity index (χ0v) is 12.4. The van der Waals surface area contributed by atoms with Crippen LogP contribution in [0.25, 0.3) is 0 Å². The van der Waals surface area contributed by atoms with Crippen molar-refractivity contribution in [3.63, 3.8) is 0 Å². The van der Waals surface area contributed by atoms with E-state index in [1.54, 1.807) is 0 Å². The molecular formula is C15H19FN4O. The number of nitrogen functional groups attached to an aromatic ring is 1. The van der Waals surface area contributed by atoms with Gasteiger partial charge in [-0.2, -0.15) is 5.10 Å². The van der Waals surface area contributed by atoms with E-state index >= 15 is 0 Å². The summed E-state index contributed by atoms with van der Waals surface area (Å²) < 4.78 is 15.0. The van der Waals surface area contributed by atoms with Gasteiger partial charge in [0.25, 0.3) is 5.91 Å². The minimum atomic E-state index is -0.478. The van der Waals surface area contributed by atoms with Gasteiger partial charge < -0.3 is 11.1 Å². The molecular weight excluding hydrogens is 271 g/mol. The summed E-state index contributed by atoms with van der Waals surface area (Å²) in [6.07, 6.45) is 0.673. The maximum absolute atomic E-state index is 13.2. The number of hydrogen-bond acceptors (Lipinski definition) is 3. The van der Waals surface area contributed by atoms with Gasteiger partial charge in [-0.25, -0.2) is 4.39 Å². The molecule has 0 unspecified atom stereocenters. The Morgan fingerprint density at radius 3 is 2.76 bits per heavy atom. The second-order valence-corrected chi connectivity index (χ2v) is 5.01. The van der Waals surface area contributed by atoms with E-state index in [2.05, 4.69) is 10.4 Å². The number of carbonyl (C=O) groups excluding carboxylic acids is 1. The number of nitrogens with zero attached hydrogens (tertiary/aromatic N) is 2. The lowest BCUT2D eigenvalue weighted by atomic mass is 10.1. The molecule has 21 heavy (non-hydrogen) atoms. The number of hydrogen-bond donors (Lipinski definition) is 2. The van der Waals surface area contributed by atoms with Crippen LogP contribution < -0.4 is 11.1 Å². The first-order valence-corrected chi connectivity index (χ1v) is 6.72. The van der Waals surface area contributed by atoms with E-state index in [0.29, 0.717) is 13.0 Å². The fourth-order valence-corrected chi connectivity index (χ4v) is 2.30. The molecule has 1 heterocycles. The van der Waals surface area contributed by atoms with E-state index in [9.17, 15) is 9.18 Å². The van der Waals surface area contributed by atoms with E-state index in [0.717, 1.165) is 23.0 Å². The highest BCUT2D eigenvalue weighted by atomic mass is 19.1. The summed E-state index contributed by atoms with van der Waals surface area (Å²) in [5.74, 6) is -0.848. The molecule has 0 saturated carbocycles. The number of halogens is 1. The molecule has 0 aliphatic heterocycles. The largest absolute Gasteiger partial charge is 0.398 e. The number of anilines is 1. The lowest BCUT2D eigenvalue weighted by Crippen LogP contribution is -2.26. The molecule has 0 spiro atoms. The molecule has 3 N–H and O–H groups in total. The van der Waals surface area contributed by atoms with Gasteiger partial charge in [-0.3, -0.25) is 9.48 Å². The van der Waals surface area contributed by atoms with Crippen LogP contribution in [0.3, 0.4) is 0 Å². The van der Waals surface area contributed by atoms with Gasteiger partial charge in [-0.1, -0.05) is 0 Å². The van der Waals surface area contributed by atoms with Crippen LogP contribution in [-0.2, 0) is 13.5 Å². The molecule has 2 rings (SSSR count). The van der Waals surface area contributed by atoms with Gasteiger partial charge >= 0.3 is 0 Å². The normalized spacial score (nSPS) is 10.7. The quantitative estimate of drug-likeness (QED) is 0.842. The third-order valence-corrected chi connectivity index (χ3v) is 3.58. The number of benzene rings is 1. The van der Waals surface area contributed by atoms with Crippen LogP contribution in [0.15, 0.2) is 18.2 Å². The van der Waals surface area contributed by atoms with E-state index in [-0.39, 0.29) is 17.2 Å². The van der Waals surface area contributed by atoms with Crippen molar-refractivity contribution in [1.29, 1.82) is 0 Å². The third-order valence-electron chi connectivity index (χ3n) is 3.58. The maximum Gasteiger partial charge on any atom is 0.253 e. The molecule has 5 nitrogen and oxygen atoms in total. The van der Waals surface area contributed by atoms with Crippen molar-refractivity contribution in [3.05, 3.63) is 46.5 Å². The molecule has 0 atom stereocenters. The Morgan fingerprint density at radius 1 is 1.43 bits per heavy atom. The molecule has 6 heteroatoms. The zero-order chi connectivity index (χ0) is 15.6. The van der Waals surface area contributed by atoms with Crippen LogP contribution in [0.1, 0.15) is 27.3 Å². The van der Waals surface area contributed by atoms with Gasteiger partial charge in [0.2, 0.25) is 0 Å². The Labute approximate surface area is 123 Å². The highest BCUT2D eigenvalue weighted by Gasteiger charge is 2.12. The molecule has 0 fully saturated rings. The fourth-order valence-electron chi connectivity index (χ4n) is 2.30. The summed E-state index contributed by atoms with van der Waals surface area (Å²) >= 11 is 0. The highest BCUT2D eigenvalue weighted by molar-refractivity contribution is 5.99. The first-order chi connectivity index (χ1) is 9.90. The summed E-state index contributed by atoms with van der Waals surface area (Å²) in [4.78, 5) is 12.0. The van der Waals surface area contributed by atoms with Crippen LogP contribution in [-0.4, -0.2) is 22.2 Å². The van der Waals surface area contributed by atoms with Crippen LogP contribution in [0.4, 0.5) is 10.1 Å². The minimum absolute atomic E-state index is 0.162. The number of amides is 1. The smallest absolute Gasteiger partial charge is 0.253 e. The molecule has 1 amide bonds. The summed E-state index contributed by atoms with van der Waals surface area (Å²) in [6.45, 7) is 4.37. The average Bonchev–Trinajstić information content (AvgIpc) is 2.67.